The predicted molar refractivity (Wildman–Crippen MR) is 144 cm³/mol. The number of rotatable bonds is 10. The van der Waals surface area contributed by atoms with Gasteiger partial charge >= 0.3 is 17.9 Å². The van der Waals surface area contributed by atoms with Crippen molar-refractivity contribution in [2.75, 3.05) is 51.0 Å². The Bertz CT molecular complexity index is 1190. The summed E-state index contributed by atoms with van der Waals surface area (Å²) in [6.07, 6.45) is -2.29. The monoisotopic (exact) mass is 577 g/mol. The Hall–Kier alpha value is -3.71. The van der Waals surface area contributed by atoms with Crippen LogP contribution >= 0.6 is 11.6 Å². The number of hydrogen-bond donors (Lipinski definition) is 4. The number of amides is 1. The summed E-state index contributed by atoms with van der Waals surface area (Å²) in [6.45, 7) is 6.32. The van der Waals surface area contributed by atoms with Crippen molar-refractivity contribution >= 4 is 41.1 Å². The van der Waals surface area contributed by atoms with Crippen molar-refractivity contribution in [2.24, 2.45) is 0 Å². The van der Waals surface area contributed by atoms with Crippen LogP contribution in [0.1, 0.15) is 28.8 Å². The molecule has 1 saturated heterocycles. The van der Waals surface area contributed by atoms with Gasteiger partial charge in [-0.3, -0.25) is 19.3 Å². The molecule has 40 heavy (non-hydrogen) atoms. The van der Waals surface area contributed by atoms with Gasteiger partial charge in [-0.15, -0.1) is 0 Å². The number of carbonyl (C=O) groups is 4. The number of carbonyl (C=O) groups excluding carboxylic acids is 1. The second-order valence-electron chi connectivity index (χ2n) is 9.49. The Labute approximate surface area is 235 Å². The van der Waals surface area contributed by atoms with Crippen molar-refractivity contribution in [3.8, 4) is 0 Å². The first-order valence-corrected chi connectivity index (χ1v) is 12.9. The molecule has 2 aromatic rings. The summed E-state index contributed by atoms with van der Waals surface area (Å²) in [5.41, 5.74) is 0.126. The molecule has 13 heteroatoms. The third kappa shape index (κ3) is 8.65. The van der Waals surface area contributed by atoms with Crippen molar-refractivity contribution < 1.29 is 44.3 Å². The number of carboxylic acid groups (broad SMARTS) is 3. The van der Waals surface area contributed by atoms with E-state index in [4.69, 9.17) is 36.8 Å². The fraction of sp³-hybridized carbons (Fsp3) is 0.407. The van der Waals surface area contributed by atoms with Gasteiger partial charge in [0.15, 0.2) is 5.60 Å². The largest absolute Gasteiger partial charge is 0.481 e. The summed E-state index contributed by atoms with van der Waals surface area (Å²) in [5, 5.41) is 34.4. The minimum absolute atomic E-state index is 0.0603. The number of nitrogens with zero attached hydrogens (tertiary/aromatic N) is 3. The molecule has 0 unspecified atom stereocenters. The second-order valence-corrected chi connectivity index (χ2v) is 9.92. The van der Waals surface area contributed by atoms with Crippen molar-refractivity contribution in [2.45, 2.75) is 25.0 Å². The molecular weight excluding hydrogens is 546 g/mol. The Kier molecular flexibility index (Phi) is 10.8. The summed E-state index contributed by atoms with van der Waals surface area (Å²) in [7, 11) is 0. The molecular formula is C27H32ClN3O9. The molecule has 216 valence electrons. The van der Waals surface area contributed by atoms with E-state index in [0.29, 0.717) is 23.8 Å². The maximum atomic E-state index is 13.0. The number of halogens is 1. The maximum absolute atomic E-state index is 13.0. The van der Waals surface area contributed by atoms with Gasteiger partial charge < -0.3 is 35.0 Å². The molecule has 0 radical (unpaired) electrons. The molecule has 4 N–H and O–H groups in total. The maximum Gasteiger partial charge on any atom is 0.336 e. The average Bonchev–Trinajstić information content (AvgIpc) is 2.90. The fourth-order valence-corrected chi connectivity index (χ4v) is 4.56. The minimum Gasteiger partial charge on any atom is -0.481 e. The normalized spacial score (nSPS) is 15.6. The number of ether oxygens (including phenoxy) is 1. The van der Waals surface area contributed by atoms with Gasteiger partial charge in [0.1, 0.15) is 0 Å². The highest BCUT2D eigenvalue weighted by atomic mass is 35.5. The molecule has 1 fully saturated rings. The smallest absolute Gasteiger partial charge is 0.336 e. The van der Waals surface area contributed by atoms with Crippen LogP contribution in [0.15, 0.2) is 48.5 Å². The molecule has 2 aliphatic heterocycles. The van der Waals surface area contributed by atoms with Gasteiger partial charge in [0.2, 0.25) is 0 Å². The topological polar surface area (TPSA) is 168 Å². The zero-order chi connectivity index (χ0) is 29.3. The molecule has 0 saturated carbocycles. The number of aliphatic hydroxyl groups is 1. The number of fused-ring (bicyclic) bond motifs is 1. The minimum atomic E-state index is -2.74. The van der Waals surface area contributed by atoms with Crippen LogP contribution < -0.4 is 4.90 Å². The quantitative estimate of drug-likeness (QED) is 0.325. The van der Waals surface area contributed by atoms with Crippen molar-refractivity contribution in [1.29, 1.82) is 0 Å². The summed E-state index contributed by atoms with van der Waals surface area (Å²) < 4.78 is 5.41. The van der Waals surface area contributed by atoms with Crippen molar-refractivity contribution in [1.82, 2.24) is 9.80 Å². The van der Waals surface area contributed by atoms with E-state index in [9.17, 15) is 19.2 Å². The van der Waals surface area contributed by atoms with E-state index in [1.54, 1.807) is 6.07 Å². The van der Waals surface area contributed by atoms with Crippen LogP contribution in [0.25, 0.3) is 0 Å². The van der Waals surface area contributed by atoms with E-state index in [2.05, 4.69) is 21.9 Å². The van der Waals surface area contributed by atoms with E-state index < -0.39 is 36.4 Å². The lowest BCUT2D eigenvalue weighted by Gasteiger charge is -2.39. The predicted octanol–water partition coefficient (Wildman–Crippen LogP) is 1.84. The summed E-state index contributed by atoms with van der Waals surface area (Å²) >= 11 is 6.19. The first-order chi connectivity index (χ1) is 19.0. The Morgan fingerprint density at radius 1 is 0.900 bits per heavy atom. The zero-order valence-electron chi connectivity index (χ0n) is 21.7. The fourth-order valence-electron chi connectivity index (χ4n) is 4.38. The molecule has 0 bridgehead atoms. The van der Waals surface area contributed by atoms with E-state index in [1.165, 1.54) is 5.56 Å². The second kappa shape index (κ2) is 14.1. The van der Waals surface area contributed by atoms with E-state index in [1.807, 2.05) is 35.2 Å². The van der Waals surface area contributed by atoms with Crippen LogP contribution in [0.3, 0.4) is 0 Å². The molecule has 0 aromatic heterocycles. The molecule has 0 atom stereocenters. The molecule has 1 amide bonds. The number of aliphatic carboxylic acids is 3. The third-order valence-corrected chi connectivity index (χ3v) is 6.68. The number of anilines is 1. The van der Waals surface area contributed by atoms with Crippen LogP contribution in [0.5, 0.6) is 0 Å². The Balaban J connectivity index is 0.000000289. The summed E-state index contributed by atoms with van der Waals surface area (Å²) in [5.74, 6) is -4.96. The first kappa shape index (κ1) is 30.8. The van der Waals surface area contributed by atoms with Gasteiger partial charge in [0.05, 0.1) is 44.0 Å². The van der Waals surface area contributed by atoms with Gasteiger partial charge in [-0.25, -0.2) is 4.79 Å². The molecule has 12 nitrogen and oxygen atoms in total. The van der Waals surface area contributed by atoms with Crippen LogP contribution in [-0.4, -0.2) is 106 Å². The lowest BCUT2D eigenvalue weighted by molar-refractivity contribution is -0.170. The highest BCUT2D eigenvalue weighted by Gasteiger charge is 2.40. The molecule has 2 aromatic carbocycles. The summed E-state index contributed by atoms with van der Waals surface area (Å²) in [6, 6.07) is 15.9. The molecule has 4 rings (SSSR count). The van der Waals surface area contributed by atoms with Gasteiger partial charge in [0.25, 0.3) is 5.91 Å². The van der Waals surface area contributed by atoms with Gasteiger partial charge in [-0.05, 0) is 23.8 Å². The van der Waals surface area contributed by atoms with Crippen LogP contribution in [0, 0.1) is 0 Å². The standard InChI is InChI=1S/C21H24ClN3O2.C6H8O7/c22-18-6-7-20-19(14-18)21(26)24(9-8-23-10-12-27-13-11-23)16-25(20)15-17-4-2-1-3-5-17;7-3(8)1-6(13,5(11)12)2-4(9)10/h1-7,14H,8-13,15-16H2;13H,1-2H2,(H,7,8)(H,9,10)(H,11,12). The van der Waals surface area contributed by atoms with Crippen LogP contribution in [0.4, 0.5) is 5.69 Å². The average molecular weight is 578 g/mol. The molecule has 0 aliphatic carbocycles. The third-order valence-electron chi connectivity index (χ3n) is 6.45. The van der Waals surface area contributed by atoms with Crippen LogP contribution in [0.2, 0.25) is 5.02 Å². The van der Waals surface area contributed by atoms with E-state index >= 15 is 0 Å². The van der Waals surface area contributed by atoms with Gasteiger partial charge in [-0.2, -0.15) is 0 Å². The number of morpholine rings is 1. The SMILES string of the molecule is O=C(O)CC(O)(CC(=O)O)C(=O)O.O=C1c2cc(Cl)ccc2N(Cc2ccccc2)CN1CCN1CCOCC1. The lowest BCUT2D eigenvalue weighted by atomic mass is 9.96. The number of hydrogen-bond acceptors (Lipinski definition) is 8. The highest BCUT2D eigenvalue weighted by molar-refractivity contribution is 6.31. The van der Waals surface area contributed by atoms with Gasteiger partial charge in [-0.1, -0.05) is 41.9 Å². The molecule has 0 spiro atoms. The van der Waals surface area contributed by atoms with Crippen molar-refractivity contribution in [3.63, 3.8) is 0 Å². The molecule has 2 aliphatic rings. The zero-order valence-corrected chi connectivity index (χ0v) is 22.5. The van der Waals surface area contributed by atoms with E-state index in [-0.39, 0.29) is 5.91 Å². The van der Waals surface area contributed by atoms with Gasteiger partial charge in [0, 0.05) is 37.7 Å². The lowest BCUT2D eigenvalue weighted by Crippen LogP contribution is -2.50. The molecule has 2 heterocycles. The van der Waals surface area contributed by atoms with Crippen LogP contribution in [-0.2, 0) is 25.7 Å². The number of benzene rings is 2. The first-order valence-electron chi connectivity index (χ1n) is 12.6. The Morgan fingerprint density at radius 2 is 1.52 bits per heavy atom. The van der Waals surface area contributed by atoms with Crippen molar-refractivity contribution in [3.05, 3.63) is 64.7 Å². The van der Waals surface area contributed by atoms with E-state index in [0.717, 1.165) is 45.1 Å². The Morgan fingerprint density at radius 3 is 2.10 bits per heavy atom. The summed E-state index contributed by atoms with van der Waals surface area (Å²) in [4.78, 5) is 50.1. The highest BCUT2D eigenvalue weighted by Crippen LogP contribution is 2.31. The number of carboxylic acids is 3.